The summed E-state index contributed by atoms with van der Waals surface area (Å²) in [7, 11) is -10.5. The molecule has 0 spiro atoms. The van der Waals surface area contributed by atoms with Crippen LogP contribution in [0.2, 0.25) is 15.1 Å². The Morgan fingerprint density at radius 3 is 2.18 bits per heavy atom. The Kier molecular flexibility index (Phi) is 13.3. The van der Waals surface area contributed by atoms with E-state index in [4.69, 9.17) is 44.5 Å². The number of halogens is 3. The fraction of sp³-hybridized carbons (Fsp3) is 0.463. The first-order chi connectivity index (χ1) is 28.3. The summed E-state index contributed by atoms with van der Waals surface area (Å²) < 4.78 is 82.8. The maximum Gasteiger partial charge on any atom is 0.337 e. The lowest BCUT2D eigenvalue weighted by atomic mass is 9.79. The van der Waals surface area contributed by atoms with Crippen LogP contribution in [-0.2, 0) is 29.8 Å². The van der Waals surface area contributed by atoms with Gasteiger partial charge < -0.3 is 25.3 Å². The van der Waals surface area contributed by atoms with Gasteiger partial charge in [-0.1, -0.05) is 61.5 Å². The van der Waals surface area contributed by atoms with Gasteiger partial charge in [-0.3, -0.25) is 18.9 Å². The van der Waals surface area contributed by atoms with Crippen LogP contribution in [0.4, 0.5) is 5.69 Å². The van der Waals surface area contributed by atoms with Crippen LogP contribution in [0.15, 0.2) is 31.8 Å². The number of hydrogen-bond acceptors (Lipinski definition) is 11. The van der Waals surface area contributed by atoms with E-state index in [-0.39, 0.29) is 65.5 Å². The Balaban J connectivity index is 1.72. The van der Waals surface area contributed by atoms with Crippen molar-refractivity contribution in [2.45, 2.75) is 124 Å². The average Bonchev–Trinajstić information content (AvgIpc) is 3.11. The Morgan fingerprint density at radius 2 is 1.56 bits per heavy atom. The molecule has 3 heterocycles. The van der Waals surface area contributed by atoms with Crippen molar-refractivity contribution in [2.75, 3.05) is 17.6 Å². The quantitative estimate of drug-likeness (QED) is 0.0265. The predicted molar refractivity (Wildman–Crippen MR) is 234 cm³/mol. The summed E-state index contributed by atoms with van der Waals surface area (Å²) >= 11 is 21.7. The number of unbranched alkanes of at least 4 members (excludes halogenated alkanes) is 4. The minimum absolute atomic E-state index is 0.0118. The van der Waals surface area contributed by atoms with E-state index in [1.165, 1.54) is 0 Å². The smallest absolute Gasteiger partial charge is 0.337 e. The molecule has 6 rings (SSSR count). The van der Waals surface area contributed by atoms with Crippen molar-refractivity contribution in [3.8, 4) is 11.5 Å². The molecule has 0 aliphatic carbocycles. The number of hydrogen-bond donors (Lipinski definition) is 5. The number of anilines is 1. The van der Waals surface area contributed by atoms with E-state index >= 15 is 0 Å². The molecule has 3 aromatic carbocycles. The SMILES string of the molecule is CC1CC(C)(C)Nc2c1cc1c(c2S(=O)(=O)O)Oc2c(S(=O)(=O)O)c3c(cc2=C1c1c(Cl)c(SCC(=O)NCCCCCCC=O)c(Cl)c(Cl)c1C(=O)O)C(C)CC(C)(C)N=3. The number of carboxylic acid groups (broad SMARTS) is 1. The summed E-state index contributed by atoms with van der Waals surface area (Å²) in [5, 5.41) is 15.5. The third kappa shape index (κ3) is 9.31. The summed E-state index contributed by atoms with van der Waals surface area (Å²) in [5.74, 6) is -4.21. The van der Waals surface area contributed by atoms with E-state index in [9.17, 15) is 45.4 Å². The van der Waals surface area contributed by atoms with Gasteiger partial charge in [0, 0.05) is 45.3 Å². The number of carboxylic acids is 1. The van der Waals surface area contributed by atoms with Crippen molar-refractivity contribution in [1.82, 2.24) is 5.32 Å². The van der Waals surface area contributed by atoms with Gasteiger partial charge in [0.15, 0.2) is 21.3 Å². The lowest BCUT2D eigenvalue weighted by molar-refractivity contribution is -0.118. The van der Waals surface area contributed by atoms with Gasteiger partial charge >= 0.3 is 5.97 Å². The number of nitrogens with zero attached hydrogens (tertiary/aromatic N) is 1. The predicted octanol–water partition coefficient (Wildman–Crippen LogP) is 8.15. The molecule has 3 aliphatic heterocycles. The van der Waals surface area contributed by atoms with Crippen molar-refractivity contribution in [3.63, 3.8) is 0 Å². The van der Waals surface area contributed by atoms with Gasteiger partial charge in [0.05, 0.1) is 43.0 Å². The van der Waals surface area contributed by atoms with E-state index in [1.54, 1.807) is 26.0 Å². The Hall–Kier alpha value is -3.42. The summed E-state index contributed by atoms with van der Waals surface area (Å²) in [4.78, 5) is 40.1. The molecular weight excluding hydrogens is 913 g/mol. The highest BCUT2D eigenvalue weighted by molar-refractivity contribution is 8.00. The van der Waals surface area contributed by atoms with Gasteiger partial charge in [-0.15, -0.1) is 11.8 Å². The fourth-order valence-corrected chi connectivity index (χ4v) is 12.3. The second-order valence-corrected chi connectivity index (χ2v) is 21.8. The highest BCUT2D eigenvalue weighted by Gasteiger charge is 2.43. The van der Waals surface area contributed by atoms with E-state index in [2.05, 4.69) is 10.6 Å². The second kappa shape index (κ2) is 17.3. The molecule has 3 aromatic rings. The van der Waals surface area contributed by atoms with Crippen molar-refractivity contribution in [2.24, 2.45) is 4.99 Å². The molecule has 0 saturated heterocycles. The minimum Gasteiger partial charge on any atom is -0.478 e. The first-order valence-electron chi connectivity index (χ1n) is 19.5. The molecule has 0 bridgehead atoms. The topological polar surface area (TPSA) is 226 Å². The number of benzene rings is 3. The lowest BCUT2D eigenvalue weighted by Crippen LogP contribution is -2.39. The monoisotopic (exact) mass is 957 g/mol. The molecule has 14 nitrogen and oxygen atoms in total. The van der Waals surface area contributed by atoms with Crippen LogP contribution < -0.4 is 25.9 Å². The molecule has 3 aliphatic rings. The summed E-state index contributed by atoms with van der Waals surface area (Å²) in [5.41, 5.74) is -2.05. The number of rotatable bonds is 14. The zero-order valence-corrected chi connectivity index (χ0v) is 38.9. The highest BCUT2D eigenvalue weighted by atomic mass is 35.5. The summed E-state index contributed by atoms with van der Waals surface area (Å²) in [6, 6.07) is 3.11. The molecule has 330 valence electrons. The fourth-order valence-electron chi connectivity index (χ4n) is 8.69. The molecule has 2 atom stereocenters. The number of aldehydes is 1. The number of ether oxygens (including phenoxy) is 1. The Morgan fingerprint density at radius 1 is 0.918 bits per heavy atom. The Bertz CT molecular complexity index is 2740. The molecule has 61 heavy (non-hydrogen) atoms. The van der Waals surface area contributed by atoms with Gasteiger partial charge in [-0.05, 0) is 88.5 Å². The van der Waals surface area contributed by atoms with Gasteiger partial charge in [0.1, 0.15) is 6.29 Å². The van der Waals surface area contributed by atoms with E-state index in [1.807, 2.05) is 27.7 Å². The normalized spacial score (nSPS) is 18.6. The maximum absolute atomic E-state index is 13.6. The zero-order valence-electron chi connectivity index (χ0n) is 34.2. The van der Waals surface area contributed by atoms with Crippen LogP contribution in [0.1, 0.15) is 131 Å². The molecule has 0 radical (unpaired) electrons. The molecule has 5 N–H and O–H groups in total. The Labute approximate surface area is 373 Å². The number of amides is 1. The van der Waals surface area contributed by atoms with Crippen molar-refractivity contribution in [1.29, 1.82) is 0 Å². The van der Waals surface area contributed by atoms with Gasteiger partial charge in [0.25, 0.3) is 20.2 Å². The molecule has 2 unspecified atom stereocenters. The van der Waals surface area contributed by atoms with E-state index in [0.717, 1.165) is 37.3 Å². The van der Waals surface area contributed by atoms with Gasteiger partial charge in [0.2, 0.25) is 5.91 Å². The number of fused-ring (bicyclic) bond motifs is 4. The van der Waals surface area contributed by atoms with Crippen LogP contribution in [0.5, 0.6) is 11.5 Å². The third-order valence-electron chi connectivity index (χ3n) is 11.0. The van der Waals surface area contributed by atoms with Gasteiger partial charge in [-0.25, -0.2) is 4.79 Å². The number of aromatic carboxylic acids is 1. The number of thioether (sulfide) groups is 1. The van der Waals surface area contributed by atoms with E-state index < -0.39 is 75.1 Å². The maximum atomic E-state index is 13.6. The van der Waals surface area contributed by atoms with Crippen molar-refractivity contribution >= 4 is 96.2 Å². The molecule has 0 saturated carbocycles. The molecule has 1 amide bonds. The van der Waals surface area contributed by atoms with Crippen LogP contribution in [0.25, 0.3) is 5.57 Å². The first-order valence-corrected chi connectivity index (χ1v) is 24.5. The zero-order chi connectivity index (χ0) is 45.1. The molecule has 0 aromatic heterocycles. The largest absolute Gasteiger partial charge is 0.478 e. The average molecular weight is 959 g/mol. The molecular formula is C41H46Cl3N3O11S3. The van der Waals surface area contributed by atoms with Crippen LogP contribution in [0.3, 0.4) is 0 Å². The standard InChI is InChI=1S/C41H46Cl3N3O11S3/c1-19-16-40(3,4)46-32-21(19)14-23-26(27-28(39(50)51)29(42)31(44)36(30(27)43)59-18-25(49)45-12-10-8-7-9-11-13-48)24-15-22-20(2)17-41(5,6)47-33(22)38(61(55,56)57)35(24)58-34(23)37(32)60(52,53)54/h13-15,19-20,46H,7-12,16-18H2,1-6H3,(H,45,49)(H,50,51)(H,52,53,54)(H,55,56,57). The van der Waals surface area contributed by atoms with Gasteiger partial charge in [-0.2, -0.15) is 16.8 Å². The third-order valence-corrected chi connectivity index (χ3v) is 15.3. The first kappa shape index (κ1) is 47.1. The summed E-state index contributed by atoms with van der Waals surface area (Å²) in [6.07, 6.45) is 5.28. The van der Waals surface area contributed by atoms with E-state index in [0.29, 0.717) is 43.4 Å². The highest BCUT2D eigenvalue weighted by Crippen LogP contribution is 2.54. The van der Waals surface area contributed by atoms with Crippen molar-refractivity contribution < 1.29 is 50.2 Å². The van der Waals surface area contributed by atoms with Crippen LogP contribution in [-0.4, -0.2) is 72.6 Å². The van der Waals surface area contributed by atoms with Crippen molar-refractivity contribution in [3.05, 3.63) is 65.6 Å². The second-order valence-electron chi connectivity index (χ2n) is 17.0. The molecule has 0 fully saturated rings. The number of carbonyl (C=O) groups is 3. The minimum atomic E-state index is -5.27. The molecule has 20 heteroatoms. The van der Waals surface area contributed by atoms with Crippen LogP contribution >= 0.6 is 46.6 Å². The number of carbonyl (C=O) groups excluding carboxylic acids is 2. The lowest BCUT2D eigenvalue weighted by Gasteiger charge is -2.40. The van der Waals surface area contributed by atoms with Crippen LogP contribution in [0, 0.1) is 0 Å². The summed E-state index contributed by atoms with van der Waals surface area (Å²) in [6.45, 7) is 11.2. The number of nitrogens with one attached hydrogen (secondary N) is 2.